The topological polar surface area (TPSA) is 56.7 Å². The standard InChI is InChI=1S/C53H32N4O/c1-2-14-36(15-3-1)51-54-52(37-25-22-34(23-26-37)39-27-24-33-12-4-5-16-38(33)30-39)56-53(55-51)40-31-46(50-43-19-9-11-21-47(43)58-48(50)32-40)57-44-20-10-8-18-42(44)49-41-17-7-6-13-35(41)28-29-45(49)57/h1-32H. The van der Waals surface area contributed by atoms with Gasteiger partial charge >= 0.3 is 0 Å². The zero-order valence-corrected chi connectivity index (χ0v) is 31.2. The first-order chi connectivity index (χ1) is 28.7. The van der Waals surface area contributed by atoms with Gasteiger partial charge in [0.05, 0.1) is 22.1 Å². The molecule has 0 spiro atoms. The number of nitrogens with zero attached hydrogens (tertiary/aromatic N) is 4. The highest BCUT2D eigenvalue weighted by molar-refractivity contribution is 6.22. The Morgan fingerprint density at radius 3 is 1.72 bits per heavy atom. The van der Waals surface area contributed by atoms with E-state index in [2.05, 4.69) is 156 Å². The second-order valence-electron chi connectivity index (χ2n) is 14.8. The fourth-order valence-corrected chi connectivity index (χ4v) is 8.67. The van der Waals surface area contributed by atoms with Crippen molar-refractivity contribution in [3.8, 4) is 51.0 Å². The predicted molar refractivity (Wildman–Crippen MR) is 238 cm³/mol. The van der Waals surface area contributed by atoms with E-state index >= 15 is 0 Å². The van der Waals surface area contributed by atoms with Crippen LogP contribution in [0.3, 0.4) is 0 Å². The summed E-state index contributed by atoms with van der Waals surface area (Å²) in [5.74, 6) is 1.77. The molecule has 0 N–H and O–H groups in total. The maximum absolute atomic E-state index is 6.67. The molecule has 0 atom stereocenters. The first-order valence-corrected chi connectivity index (χ1v) is 19.5. The lowest BCUT2D eigenvalue weighted by atomic mass is 10.00. The summed E-state index contributed by atoms with van der Waals surface area (Å²) >= 11 is 0. The van der Waals surface area contributed by atoms with Gasteiger partial charge in [0.1, 0.15) is 11.2 Å². The molecule has 270 valence electrons. The number of rotatable bonds is 5. The van der Waals surface area contributed by atoms with Crippen molar-refractivity contribution >= 4 is 65.3 Å². The Morgan fingerprint density at radius 2 is 0.914 bits per heavy atom. The molecule has 0 unspecified atom stereocenters. The zero-order chi connectivity index (χ0) is 38.2. The maximum atomic E-state index is 6.67. The molecule has 0 bridgehead atoms. The Hall–Kier alpha value is -7.89. The molecule has 5 nitrogen and oxygen atoms in total. The molecule has 0 aliphatic heterocycles. The van der Waals surface area contributed by atoms with Crippen LogP contribution < -0.4 is 0 Å². The van der Waals surface area contributed by atoms with E-state index in [0.29, 0.717) is 17.5 Å². The SMILES string of the molecule is c1ccc(-c2nc(-c3ccc(-c4ccc5ccccc5c4)cc3)nc(-c3cc(-n4c5ccccc5c5c6ccccc6ccc54)c4c(c3)oc3ccccc34)n2)cc1. The van der Waals surface area contributed by atoms with Crippen molar-refractivity contribution in [1.29, 1.82) is 0 Å². The summed E-state index contributed by atoms with van der Waals surface area (Å²) in [6.07, 6.45) is 0. The Balaban J connectivity index is 1.09. The third kappa shape index (κ3) is 5.14. The molecule has 3 heterocycles. The van der Waals surface area contributed by atoms with E-state index in [-0.39, 0.29) is 0 Å². The van der Waals surface area contributed by atoms with E-state index in [1.54, 1.807) is 0 Å². The van der Waals surface area contributed by atoms with Gasteiger partial charge in [-0.2, -0.15) is 0 Å². The molecule has 0 fully saturated rings. The van der Waals surface area contributed by atoms with Gasteiger partial charge in [-0.3, -0.25) is 0 Å². The Bertz CT molecular complexity index is 3560. The summed E-state index contributed by atoms with van der Waals surface area (Å²) in [6, 6.07) is 68.0. The smallest absolute Gasteiger partial charge is 0.164 e. The Morgan fingerprint density at radius 1 is 0.328 bits per heavy atom. The van der Waals surface area contributed by atoms with Crippen molar-refractivity contribution < 1.29 is 4.42 Å². The quantitative estimate of drug-likeness (QED) is 0.176. The van der Waals surface area contributed by atoms with Crippen LogP contribution in [0.4, 0.5) is 0 Å². The van der Waals surface area contributed by atoms with Gasteiger partial charge in [0.25, 0.3) is 0 Å². The van der Waals surface area contributed by atoms with Crippen LogP contribution in [-0.4, -0.2) is 19.5 Å². The summed E-state index contributed by atoms with van der Waals surface area (Å²) in [7, 11) is 0. The van der Waals surface area contributed by atoms with E-state index in [9.17, 15) is 0 Å². The van der Waals surface area contributed by atoms with Crippen LogP contribution in [0.5, 0.6) is 0 Å². The molecule has 58 heavy (non-hydrogen) atoms. The minimum absolute atomic E-state index is 0.567. The third-order valence-corrected chi connectivity index (χ3v) is 11.4. The first-order valence-electron chi connectivity index (χ1n) is 19.5. The number of hydrogen-bond acceptors (Lipinski definition) is 4. The van der Waals surface area contributed by atoms with Gasteiger partial charge in [0.2, 0.25) is 0 Å². The summed E-state index contributed by atoms with van der Waals surface area (Å²) < 4.78 is 9.06. The van der Waals surface area contributed by atoms with Gasteiger partial charge in [-0.05, 0) is 69.1 Å². The Labute approximate surface area is 333 Å². The monoisotopic (exact) mass is 740 g/mol. The summed E-state index contributed by atoms with van der Waals surface area (Å²) in [6.45, 7) is 0. The molecular formula is C53H32N4O. The number of aromatic nitrogens is 4. The van der Waals surface area contributed by atoms with Crippen molar-refractivity contribution in [2.45, 2.75) is 0 Å². The molecule has 0 saturated heterocycles. The van der Waals surface area contributed by atoms with Crippen LogP contribution in [0.2, 0.25) is 0 Å². The van der Waals surface area contributed by atoms with Gasteiger partial charge in [-0.1, -0.05) is 158 Å². The van der Waals surface area contributed by atoms with E-state index in [0.717, 1.165) is 66.5 Å². The first kappa shape index (κ1) is 32.4. The lowest BCUT2D eigenvalue weighted by molar-refractivity contribution is 0.669. The molecule has 0 aliphatic carbocycles. The molecule has 0 amide bonds. The van der Waals surface area contributed by atoms with Crippen molar-refractivity contribution in [2.75, 3.05) is 0 Å². The molecule has 0 aliphatic rings. The van der Waals surface area contributed by atoms with Gasteiger partial charge < -0.3 is 8.98 Å². The van der Waals surface area contributed by atoms with Gasteiger partial charge in [-0.25, -0.2) is 15.0 Å². The lowest BCUT2D eigenvalue weighted by Gasteiger charge is -2.13. The lowest BCUT2D eigenvalue weighted by Crippen LogP contribution is -2.01. The minimum Gasteiger partial charge on any atom is -0.456 e. The highest BCUT2D eigenvalue weighted by Gasteiger charge is 2.22. The van der Waals surface area contributed by atoms with Gasteiger partial charge in [0, 0.05) is 32.8 Å². The van der Waals surface area contributed by atoms with Crippen LogP contribution in [0, 0.1) is 0 Å². The third-order valence-electron chi connectivity index (χ3n) is 11.4. The number of fused-ring (bicyclic) bond motifs is 9. The van der Waals surface area contributed by atoms with Crippen LogP contribution in [0.25, 0.3) is 116 Å². The highest BCUT2D eigenvalue weighted by Crippen LogP contribution is 2.42. The average Bonchev–Trinajstić information content (AvgIpc) is 3.85. The second kappa shape index (κ2) is 12.8. The van der Waals surface area contributed by atoms with Crippen molar-refractivity contribution in [2.24, 2.45) is 0 Å². The summed E-state index contributed by atoms with van der Waals surface area (Å²) in [4.78, 5) is 15.5. The highest BCUT2D eigenvalue weighted by atomic mass is 16.3. The Kier molecular flexibility index (Phi) is 7.16. The van der Waals surface area contributed by atoms with Crippen molar-refractivity contribution in [1.82, 2.24) is 19.5 Å². The average molecular weight is 741 g/mol. The molecule has 9 aromatic carbocycles. The fourth-order valence-electron chi connectivity index (χ4n) is 8.67. The summed E-state index contributed by atoms with van der Waals surface area (Å²) in [5, 5.41) is 9.39. The molecular weight excluding hydrogens is 709 g/mol. The fraction of sp³-hybridized carbons (Fsp3) is 0. The van der Waals surface area contributed by atoms with Crippen molar-refractivity contribution in [3.05, 3.63) is 194 Å². The second-order valence-corrected chi connectivity index (χ2v) is 14.8. The van der Waals surface area contributed by atoms with Gasteiger partial charge in [0.15, 0.2) is 17.5 Å². The number of benzene rings is 9. The van der Waals surface area contributed by atoms with E-state index in [1.807, 2.05) is 42.5 Å². The number of hydrogen-bond donors (Lipinski definition) is 0. The van der Waals surface area contributed by atoms with Gasteiger partial charge in [-0.15, -0.1) is 0 Å². The molecule has 3 aromatic heterocycles. The molecule has 0 saturated carbocycles. The number of para-hydroxylation sites is 2. The molecule has 12 aromatic rings. The van der Waals surface area contributed by atoms with Crippen LogP contribution >= 0.6 is 0 Å². The predicted octanol–water partition coefficient (Wildman–Crippen LogP) is 13.8. The molecule has 5 heteroatoms. The van der Waals surface area contributed by atoms with Crippen LogP contribution in [0.1, 0.15) is 0 Å². The maximum Gasteiger partial charge on any atom is 0.164 e. The normalized spacial score (nSPS) is 11.8. The zero-order valence-electron chi connectivity index (χ0n) is 31.2. The van der Waals surface area contributed by atoms with Crippen LogP contribution in [-0.2, 0) is 0 Å². The summed E-state index contributed by atoms with van der Waals surface area (Å²) in [5.41, 5.74) is 9.79. The van der Waals surface area contributed by atoms with Crippen molar-refractivity contribution in [3.63, 3.8) is 0 Å². The van der Waals surface area contributed by atoms with E-state index in [4.69, 9.17) is 19.4 Å². The largest absolute Gasteiger partial charge is 0.456 e. The minimum atomic E-state index is 0.567. The molecule has 0 radical (unpaired) electrons. The molecule has 12 rings (SSSR count). The number of furan rings is 1. The van der Waals surface area contributed by atoms with E-state index < -0.39 is 0 Å². The van der Waals surface area contributed by atoms with Crippen LogP contribution in [0.15, 0.2) is 199 Å². The van der Waals surface area contributed by atoms with E-state index in [1.165, 1.54) is 32.3 Å².